The second-order valence-corrected chi connectivity index (χ2v) is 4.45. The van der Waals surface area contributed by atoms with Crippen LogP contribution in [0.25, 0.3) is 0 Å². The largest absolute Gasteiger partial charge is 0.355 e. The van der Waals surface area contributed by atoms with Crippen LogP contribution >= 0.6 is 0 Å². The standard InChI is InChI=1S/C12H23N5/c1-10(2)11(3)16-12(13-4)14-7-9-17-8-5-6-15-17/h5-6,8,10-11H,7,9H2,1-4H3,(H2,13,14,16). The molecule has 17 heavy (non-hydrogen) atoms. The second kappa shape index (κ2) is 6.93. The average Bonchev–Trinajstić information content (AvgIpc) is 2.80. The number of nitrogens with one attached hydrogen (secondary N) is 2. The Hall–Kier alpha value is -1.52. The predicted molar refractivity (Wildman–Crippen MR) is 71.0 cm³/mol. The third-order valence-electron chi connectivity index (χ3n) is 2.78. The molecular formula is C12H23N5. The van der Waals surface area contributed by atoms with E-state index in [4.69, 9.17) is 0 Å². The van der Waals surface area contributed by atoms with Crippen LogP contribution in [0.15, 0.2) is 23.5 Å². The molecule has 0 radical (unpaired) electrons. The van der Waals surface area contributed by atoms with Crippen LogP contribution in [-0.2, 0) is 6.54 Å². The first kappa shape index (κ1) is 13.5. The van der Waals surface area contributed by atoms with E-state index in [1.807, 2.05) is 16.9 Å². The van der Waals surface area contributed by atoms with E-state index >= 15 is 0 Å². The highest BCUT2D eigenvalue weighted by Crippen LogP contribution is 1.98. The first-order valence-corrected chi connectivity index (χ1v) is 6.08. The summed E-state index contributed by atoms with van der Waals surface area (Å²) in [5.74, 6) is 1.43. The summed E-state index contributed by atoms with van der Waals surface area (Å²) in [5, 5.41) is 10.8. The second-order valence-electron chi connectivity index (χ2n) is 4.45. The maximum absolute atomic E-state index is 4.19. The van der Waals surface area contributed by atoms with Gasteiger partial charge in [-0.25, -0.2) is 0 Å². The zero-order valence-corrected chi connectivity index (χ0v) is 11.1. The molecule has 0 saturated heterocycles. The number of rotatable bonds is 5. The van der Waals surface area contributed by atoms with Gasteiger partial charge in [0.25, 0.3) is 0 Å². The van der Waals surface area contributed by atoms with Crippen LogP contribution in [0.1, 0.15) is 20.8 Å². The van der Waals surface area contributed by atoms with Crippen molar-refractivity contribution >= 4 is 5.96 Å². The number of hydrogen-bond donors (Lipinski definition) is 2. The van der Waals surface area contributed by atoms with Crippen LogP contribution in [0.2, 0.25) is 0 Å². The molecule has 96 valence electrons. The maximum atomic E-state index is 4.19. The quantitative estimate of drug-likeness (QED) is 0.595. The lowest BCUT2D eigenvalue weighted by Crippen LogP contribution is -2.45. The van der Waals surface area contributed by atoms with Gasteiger partial charge in [-0.2, -0.15) is 5.10 Å². The van der Waals surface area contributed by atoms with Crippen molar-refractivity contribution in [2.75, 3.05) is 13.6 Å². The van der Waals surface area contributed by atoms with E-state index in [1.165, 1.54) is 0 Å². The minimum atomic E-state index is 0.408. The van der Waals surface area contributed by atoms with Crippen molar-refractivity contribution in [1.29, 1.82) is 0 Å². The molecule has 0 aliphatic heterocycles. The fourth-order valence-electron chi connectivity index (χ4n) is 1.30. The number of aliphatic imine (C=N–C) groups is 1. The van der Waals surface area contributed by atoms with Crippen LogP contribution in [0, 0.1) is 5.92 Å². The van der Waals surface area contributed by atoms with Gasteiger partial charge >= 0.3 is 0 Å². The molecule has 0 saturated carbocycles. The Bertz CT molecular complexity index is 329. The molecule has 1 unspecified atom stereocenters. The molecule has 2 N–H and O–H groups in total. The minimum Gasteiger partial charge on any atom is -0.355 e. The van der Waals surface area contributed by atoms with Crippen LogP contribution in [0.4, 0.5) is 0 Å². The number of hydrogen-bond acceptors (Lipinski definition) is 2. The molecule has 1 atom stereocenters. The highest BCUT2D eigenvalue weighted by molar-refractivity contribution is 5.79. The molecule has 5 nitrogen and oxygen atoms in total. The molecule has 0 aliphatic rings. The maximum Gasteiger partial charge on any atom is 0.191 e. The van der Waals surface area contributed by atoms with Gasteiger partial charge in [0, 0.05) is 32.0 Å². The first-order valence-electron chi connectivity index (χ1n) is 6.08. The van der Waals surface area contributed by atoms with Gasteiger partial charge in [0.2, 0.25) is 0 Å². The van der Waals surface area contributed by atoms with Gasteiger partial charge in [-0.3, -0.25) is 9.67 Å². The van der Waals surface area contributed by atoms with Crippen molar-refractivity contribution in [2.45, 2.75) is 33.4 Å². The minimum absolute atomic E-state index is 0.408. The summed E-state index contributed by atoms with van der Waals surface area (Å²) in [7, 11) is 1.79. The van der Waals surface area contributed by atoms with Crippen molar-refractivity contribution < 1.29 is 0 Å². The van der Waals surface area contributed by atoms with E-state index in [0.717, 1.165) is 19.0 Å². The van der Waals surface area contributed by atoms with E-state index in [0.29, 0.717) is 12.0 Å². The highest BCUT2D eigenvalue weighted by atomic mass is 15.3. The summed E-state index contributed by atoms with van der Waals surface area (Å²) < 4.78 is 1.89. The van der Waals surface area contributed by atoms with E-state index in [1.54, 1.807) is 13.2 Å². The molecule has 1 aromatic rings. The molecule has 1 aromatic heterocycles. The Morgan fingerprint density at radius 2 is 2.18 bits per heavy atom. The average molecular weight is 237 g/mol. The van der Waals surface area contributed by atoms with Crippen LogP contribution in [0.5, 0.6) is 0 Å². The zero-order valence-electron chi connectivity index (χ0n) is 11.1. The number of aromatic nitrogens is 2. The van der Waals surface area contributed by atoms with E-state index in [9.17, 15) is 0 Å². The summed E-state index contributed by atoms with van der Waals surface area (Å²) in [6, 6.07) is 2.33. The van der Waals surface area contributed by atoms with E-state index < -0.39 is 0 Å². The van der Waals surface area contributed by atoms with E-state index in [-0.39, 0.29) is 0 Å². The van der Waals surface area contributed by atoms with Crippen molar-refractivity contribution in [1.82, 2.24) is 20.4 Å². The van der Waals surface area contributed by atoms with Gasteiger partial charge in [0.15, 0.2) is 5.96 Å². The topological polar surface area (TPSA) is 54.2 Å². The zero-order chi connectivity index (χ0) is 12.7. The van der Waals surface area contributed by atoms with Crippen molar-refractivity contribution in [3.05, 3.63) is 18.5 Å². The van der Waals surface area contributed by atoms with Gasteiger partial charge in [0.05, 0.1) is 6.54 Å². The molecule has 0 bridgehead atoms. The van der Waals surface area contributed by atoms with Crippen molar-refractivity contribution in [3.63, 3.8) is 0 Å². The van der Waals surface area contributed by atoms with Crippen molar-refractivity contribution in [2.24, 2.45) is 10.9 Å². The van der Waals surface area contributed by atoms with E-state index in [2.05, 4.69) is 41.5 Å². The van der Waals surface area contributed by atoms with Gasteiger partial charge in [-0.15, -0.1) is 0 Å². The van der Waals surface area contributed by atoms with Gasteiger partial charge in [-0.1, -0.05) is 13.8 Å². The molecule has 0 aromatic carbocycles. The Morgan fingerprint density at radius 3 is 2.71 bits per heavy atom. The summed E-state index contributed by atoms with van der Waals surface area (Å²) in [4.78, 5) is 4.19. The normalized spacial score (nSPS) is 13.8. The Kier molecular flexibility index (Phi) is 5.52. The Morgan fingerprint density at radius 1 is 1.41 bits per heavy atom. The van der Waals surface area contributed by atoms with Crippen LogP contribution < -0.4 is 10.6 Å². The smallest absolute Gasteiger partial charge is 0.191 e. The fraction of sp³-hybridized carbons (Fsp3) is 0.667. The molecule has 0 amide bonds. The molecule has 0 fully saturated rings. The molecule has 0 spiro atoms. The first-order chi connectivity index (χ1) is 8.13. The van der Waals surface area contributed by atoms with Gasteiger partial charge in [-0.05, 0) is 18.9 Å². The Balaban J connectivity index is 2.28. The predicted octanol–water partition coefficient (Wildman–Crippen LogP) is 1.09. The van der Waals surface area contributed by atoms with Crippen molar-refractivity contribution in [3.8, 4) is 0 Å². The third kappa shape index (κ3) is 4.89. The number of nitrogens with zero attached hydrogens (tertiary/aromatic N) is 3. The van der Waals surface area contributed by atoms with Gasteiger partial charge < -0.3 is 10.6 Å². The number of guanidine groups is 1. The lowest BCUT2D eigenvalue weighted by atomic mass is 10.1. The fourth-order valence-corrected chi connectivity index (χ4v) is 1.30. The highest BCUT2D eigenvalue weighted by Gasteiger charge is 2.08. The summed E-state index contributed by atoms with van der Waals surface area (Å²) in [6.45, 7) is 8.18. The van der Waals surface area contributed by atoms with Gasteiger partial charge in [0.1, 0.15) is 0 Å². The molecule has 1 heterocycles. The summed E-state index contributed by atoms with van der Waals surface area (Å²) >= 11 is 0. The molecular weight excluding hydrogens is 214 g/mol. The molecule has 5 heteroatoms. The van der Waals surface area contributed by atoms with Crippen LogP contribution in [-0.4, -0.2) is 35.4 Å². The van der Waals surface area contributed by atoms with Crippen LogP contribution in [0.3, 0.4) is 0 Å². The summed E-state index contributed by atoms with van der Waals surface area (Å²) in [5.41, 5.74) is 0. The lowest BCUT2D eigenvalue weighted by molar-refractivity contribution is 0.479. The monoisotopic (exact) mass is 237 g/mol. The SMILES string of the molecule is CN=C(NCCn1cccn1)NC(C)C(C)C. The molecule has 0 aliphatic carbocycles. The lowest BCUT2D eigenvalue weighted by Gasteiger charge is -2.20. The molecule has 1 rings (SSSR count). The Labute approximate surface area is 103 Å². The third-order valence-corrected chi connectivity index (χ3v) is 2.78. The summed E-state index contributed by atoms with van der Waals surface area (Å²) in [6.07, 6.45) is 3.74.